The van der Waals surface area contributed by atoms with Crippen molar-refractivity contribution in [2.24, 2.45) is 15.0 Å². The fourth-order valence-corrected chi connectivity index (χ4v) is 7.97. The summed E-state index contributed by atoms with van der Waals surface area (Å²) >= 11 is 0. The molecular formula is C53H39N3O. The number of nitrogens with zero attached hydrogens (tertiary/aromatic N) is 3. The third-order valence-corrected chi connectivity index (χ3v) is 10.6. The van der Waals surface area contributed by atoms with E-state index >= 15 is 0 Å². The number of hydrogen-bond donors (Lipinski definition) is 0. The lowest BCUT2D eigenvalue weighted by molar-refractivity contribution is 0.483. The zero-order valence-corrected chi connectivity index (χ0v) is 31.4. The Hall–Kier alpha value is -7.43. The lowest BCUT2D eigenvalue weighted by Gasteiger charge is -2.34. The number of aliphatic imine (C=N–C) groups is 3. The lowest BCUT2D eigenvalue weighted by atomic mass is 9.67. The molecule has 0 fully saturated rings. The summed E-state index contributed by atoms with van der Waals surface area (Å²) in [5, 5.41) is 0. The number of ether oxygens (including phenoxy) is 1. The maximum atomic E-state index is 6.37. The van der Waals surface area contributed by atoms with Gasteiger partial charge in [-0.05, 0) is 99.3 Å². The van der Waals surface area contributed by atoms with Gasteiger partial charge in [0, 0.05) is 11.1 Å². The molecule has 8 aromatic rings. The molecule has 0 saturated carbocycles. The average Bonchev–Trinajstić information content (AvgIpc) is 3.59. The quantitative estimate of drug-likeness (QED) is 0.108. The summed E-state index contributed by atoms with van der Waals surface area (Å²) in [5.74, 6) is 2.55. The molecule has 0 unspecified atom stereocenters. The van der Waals surface area contributed by atoms with Gasteiger partial charge in [0.15, 0.2) is 11.7 Å². The van der Waals surface area contributed by atoms with Crippen molar-refractivity contribution < 1.29 is 4.74 Å². The Balaban J connectivity index is 1.01. The Labute approximate surface area is 333 Å². The third kappa shape index (κ3) is 6.90. The van der Waals surface area contributed by atoms with Gasteiger partial charge in [0.1, 0.15) is 11.5 Å². The number of hydrogen-bond acceptors (Lipinski definition) is 2. The predicted octanol–water partition coefficient (Wildman–Crippen LogP) is 12.6. The molecular weight excluding hydrogens is 695 g/mol. The van der Waals surface area contributed by atoms with Crippen LogP contribution in [0.4, 0.5) is 0 Å². The molecule has 0 radical (unpaired) electrons. The van der Waals surface area contributed by atoms with Crippen molar-refractivity contribution in [3.8, 4) is 33.8 Å². The van der Waals surface area contributed by atoms with Crippen LogP contribution in [0.2, 0.25) is 0 Å². The Morgan fingerprint density at radius 2 is 0.965 bits per heavy atom. The smallest absolute Gasteiger partial charge is 0.161 e. The van der Waals surface area contributed by atoms with E-state index in [-0.39, 0.29) is 0 Å². The molecule has 8 aromatic carbocycles. The maximum absolute atomic E-state index is 6.37. The largest absolute Gasteiger partial charge is 0.457 e. The van der Waals surface area contributed by atoms with Crippen molar-refractivity contribution in [2.45, 2.75) is 12.0 Å². The van der Waals surface area contributed by atoms with E-state index in [2.05, 4.69) is 139 Å². The van der Waals surface area contributed by atoms with Gasteiger partial charge in [-0.3, -0.25) is 4.99 Å². The lowest BCUT2D eigenvalue weighted by Crippen LogP contribution is -2.28. The summed E-state index contributed by atoms with van der Waals surface area (Å²) in [5.41, 5.74) is 12.3. The second-order valence-corrected chi connectivity index (χ2v) is 14.0. The van der Waals surface area contributed by atoms with E-state index in [1.54, 1.807) is 0 Å². The molecule has 4 heteroatoms. The highest BCUT2D eigenvalue weighted by atomic mass is 16.5. The van der Waals surface area contributed by atoms with Crippen molar-refractivity contribution in [1.82, 2.24) is 0 Å². The van der Waals surface area contributed by atoms with Crippen LogP contribution in [0.5, 0.6) is 11.5 Å². The third-order valence-electron chi connectivity index (χ3n) is 10.6. The molecule has 0 spiro atoms. The first-order valence-electron chi connectivity index (χ1n) is 19.1. The first-order valence-corrected chi connectivity index (χ1v) is 19.1. The second kappa shape index (κ2) is 15.7. The summed E-state index contributed by atoms with van der Waals surface area (Å²) in [4.78, 5) is 14.0. The summed E-state index contributed by atoms with van der Waals surface area (Å²) in [6.45, 7) is 4.27. The van der Waals surface area contributed by atoms with E-state index in [0.29, 0.717) is 24.0 Å². The molecule has 0 saturated heterocycles. The van der Waals surface area contributed by atoms with Crippen molar-refractivity contribution >= 4 is 18.4 Å². The fraction of sp³-hybridized carbons (Fsp3) is 0.0377. The Morgan fingerprint density at radius 3 is 1.60 bits per heavy atom. The minimum Gasteiger partial charge on any atom is -0.457 e. The highest BCUT2D eigenvalue weighted by molar-refractivity contribution is 6.12. The maximum Gasteiger partial charge on any atom is 0.161 e. The van der Waals surface area contributed by atoms with Crippen LogP contribution in [0, 0.1) is 0 Å². The first-order chi connectivity index (χ1) is 28.2. The SMILES string of the molecule is C=NC(=NC(=NCc1ccccc1)c1ccc(Oc2ccc(-c3ccc4c(c3)C(c3ccccc3)(c3ccccc3)c3ccccc3-4)cc2)cc1)c1ccccc1. The van der Waals surface area contributed by atoms with Gasteiger partial charge in [0.2, 0.25) is 0 Å². The van der Waals surface area contributed by atoms with Gasteiger partial charge in [-0.15, -0.1) is 0 Å². The molecule has 0 amide bonds. The minimum absolute atomic E-state index is 0.442. The topological polar surface area (TPSA) is 46.3 Å². The standard InChI is InChI=1S/C53H39N3O/c1-54-51(40-18-8-3-9-19-40)56-52(55-37-38-16-6-2-7-17-38)41-28-33-46(34-29-41)57-45-31-26-39(27-32-45)42-30-35-48-47-24-14-15-25-49(47)53(50(48)36-42,43-20-10-4-11-21-43)44-22-12-5-13-23-44/h2-36H,1,37H2. The van der Waals surface area contributed by atoms with Crippen LogP contribution in [0.25, 0.3) is 22.3 Å². The van der Waals surface area contributed by atoms with Gasteiger partial charge < -0.3 is 4.74 Å². The summed E-state index contributed by atoms with van der Waals surface area (Å²) in [7, 11) is 0. The Kier molecular flexibility index (Phi) is 9.74. The number of benzene rings is 8. The van der Waals surface area contributed by atoms with Gasteiger partial charge in [-0.2, -0.15) is 0 Å². The van der Waals surface area contributed by atoms with E-state index < -0.39 is 5.41 Å². The summed E-state index contributed by atoms with van der Waals surface area (Å²) in [6, 6.07) is 73.7. The van der Waals surface area contributed by atoms with Crippen LogP contribution in [0.3, 0.4) is 0 Å². The molecule has 1 aliphatic rings. The first kappa shape index (κ1) is 35.3. The molecule has 9 rings (SSSR count). The molecule has 0 aliphatic heterocycles. The van der Waals surface area contributed by atoms with E-state index in [1.807, 2.05) is 84.9 Å². The molecule has 0 aromatic heterocycles. The average molecular weight is 734 g/mol. The number of rotatable bonds is 9. The zero-order valence-electron chi connectivity index (χ0n) is 31.4. The molecule has 0 heterocycles. The van der Waals surface area contributed by atoms with Gasteiger partial charge in [0.25, 0.3) is 0 Å². The van der Waals surface area contributed by atoms with Gasteiger partial charge >= 0.3 is 0 Å². The van der Waals surface area contributed by atoms with Crippen LogP contribution >= 0.6 is 0 Å². The molecule has 0 atom stereocenters. The van der Waals surface area contributed by atoms with Crippen LogP contribution in [0.1, 0.15) is 38.9 Å². The molecule has 272 valence electrons. The summed E-state index contributed by atoms with van der Waals surface area (Å²) < 4.78 is 6.37. The molecule has 57 heavy (non-hydrogen) atoms. The second-order valence-electron chi connectivity index (χ2n) is 14.0. The van der Waals surface area contributed by atoms with Crippen LogP contribution < -0.4 is 4.74 Å². The van der Waals surface area contributed by atoms with Crippen LogP contribution in [0.15, 0.2) is 227 Å². The molecule has 0 bridgehead atoms. The number of fused-ring (bicyclic) bond motifs is 3. The fourth-order valence-electron chi connectivity index (χ4n) is 7.97. The Bertz CT molecular complexity index is 2670. The Morgan fingerprint density at radius 1 is 0.456 bits per heavy atom. The minimum atomic E-state index is -0.442. The van der Waals surface area contributed by atoms with E-state index in [0.717, 1.165) is 33.6 Å². The van der Waals surface area contributed by atoms with Crippen LogP contribution in [-0.2, 0) is 12.0 Å². The van der Waals surface area contributed by atoms with E-state index in [9.17, 15) is 0 Å². The van der Waals surface area contributed by atoms with Crippen molar-refractivity contribution in [3.05, 3.63) is 251 Å². The molecule has 1 aliphatic carbocycles. The van der Waals surface area contributed by atoms with Crippen molar-refractivity contribution in [2.75, 3.05) is 0 Å². The summed E-state index contributed by atoms with van der Waals surface area (Å²) in [6.07, 6.45) is 0. The zero-order chi connectivity index (χ0) is 38.4. The molecule has 0 N–H and O–H groups in total. The number of amidine groups is 2. The van der Waals surface area contributed by atoms with Gasteiger partial charge in [-0.25, -0.2) is 9.98 Å². The normalized spacial score (nSPS) is 13.1. The van der Waals surface area contributed by atoms with E-state index in [1.165, 1.54) is 33.4 Å². The van der Waals surface area contributed by atoms with Gasteiger partial charge in [-0.1, -0.05) is 170 Å². The van der Waals surface area contributed by atoms with Crippen molar-refractivity contribution in [3.63, 3.8) is 0 Å². The highest BCUT2D eigenvalue weighted by Crippen LogP contribution is 2.56. The predicted molar refractivity (Wildman–Crippen MR) is 235 cm³/mol. The van der Waals surface area contributed by atoms with Crippen molar-refractivity contribution in [1.29, 1.82) is 0 Å². The van der Waals surface area contributed by atoms with Gasteiger partial charge in [0.05, 0.1) is 12.0 Å². The van der Waals surface area contributed by atoms with E-state index in [4.69, 9.17) is 14.7 Å². The monoisotopic (exact) mass is 733 g/mol. The van der Waals surface area contributed by atoms with Crippen LogP contribution in [-0.4, -0.2) is 18.4 Å². The highest BCUT2D eigenvalue weighted by Gasteiger charge is 2.46. The molecule has 4 nitrogen and oxygen atoms in total.